The van der Waals surface area contributed by atoms with Crippen LogP contribution in [0, 0.1) is 5.92 Å². The summed E-state index contributed by atoms with van der Waals surface area (Å²) in [5.74, 6) is -0.376. The molecule has 0 radical (unpaired) electrons. The number of carbonyl (C=O) groups is 2. The monoisotopic (exact) mass is 253 g/mol. The lowest BCUT2D eigenvalue weighted by Gasteiger charge is -2.20. The van der Waals surface area contributed by atoms with E-state index < -0.39 is 0 Å². The number of piperidine rings is 1. The summed E-state index contributed by atoms with van der Waals surface area (Å²) in [5.41, 5.74) is 0. The number of anilines is 1. The molecule has 0 saturated carbocycles. The summed E-state index contributed by atoms with van der Waals surface area (Å²) in [6.07, 6.45) is 3.66. The minimum absolute atomic E-state index is 0.0511. The molecule has 1 aliphatic heterocycles. The second-order valence-corrected chi connectivity index (χ2v) is 5.13. The van der Waals surface area contributed by atoms with E-state index in [-0.39, 0.29) is 24.2 Å². The Balaban J connectivity index is 1.94. The van der Waals surface area contributed by atoms with Crippen molar-refractivity contribution in [3.8, 4) is 0 Å². The summed E-state index contributed by atoms with van der Waals surface area (Å²) in [4.78, 5) is 28.3. The number of hydrogen-bond acceptors (Lipinski definition) is 4. The lowest BCUT2D eigenvalue weighted by atomic mass is 9.97. The molecule has 0 aliphatic carbocycles. The van der Waals surface area contributed by atoms with Gasteiger partial charge in [0.1, 0.15) is 0 Å². The van der Waals surface area contributed by atoms with Crippen LogP contribution in [0.3, 0.4) is 0 Å². The maximum Gasteiger partial charge on any atom is 0.229 e. The van der Waals surface area contributed by atoms with Crippen molar-refractivity contribution >= 4 is 28.3 Å². The predicted molar refractivity (Wildman–Crippen MR) is 65.9 cm³/mol. The Hall–Kier alpha value is -1.43. The molecule has 2 amide bonds. The molecule has 1 aromatic rings. The molecule has 2 rings (SSSR count). The minimum Gasteiger partial charge on any atom is -0.356 e. The van der Waals surface area contributed by atoms with Crippen LogP contribution in [0.1, 0.15) is 24.6 Å². The molecule has 1 atom stereocenters. The van der Waals surface area contributed by atoms with Crippen molar-refractivity contribution < 1.29 is 9.59 Å². The molecule has 2 N–H and O–H groups in total. The first-order valence-electron chi connectivity index (χ1n) is 5.71. The van der Waals surface area contributed by atoms with E-state index in [9.17, 15) is 9.59 Å². The van der Waals surface area contributed by atoms with E-state index in [2.05, 4.69) is 15.6 Å². The first-order valence-corrected chi connectivity index (χ1v) is 6.53. The Morgan fingerprint density at radius 1 is 1.71 bits per heavy atom. The van der Waals surface area contributed by atoms with Gasteiger partial charge in [0.15, 0.2) is 5.13 Å². The third-order valence-electron chi connectivity index (χ3n) is 2.75. The maximum atomic E-state index is 11.9. The summed E-state index contributed by atoms with van der Waals surface area (Å²) >= 11 is 1.48. The largest absolute Gasteiger partial charge is 0.356 e. The minimum atomic E-state index is -0.224. The molecular formula is C11H15N3O2S. The van der Waals surface area contributed by atoms with Gasteiger partial charge in [-0.15, -0.1) is 11.3 Å². The standard InChI is InChI=1S/C11H15N3O2S/c1-2-8-6-13-11(17-8)14-10(16)7-3-4-12-9(15)5-7/h6-7H,2-5H2,1H3,(H,12,15)(H,13,14,16). The number of nitrogens with one attached hydrogen (secondary N) is 2. The summed E-state index contributed by atoms with van der Waals surface area (Å²) in [5, 5.41) is 6.11. The van der Waals surface area contributed by atoms with E-state index in [0.29, 0.717) is 18.1 Å². The Labute approximate surface area is 104 Å². The van der Waals surface area contributed by atoms with Gasteiger partial charge in [-0.1, -0.05) is 6.92 Å². The van der Waals surface area contributed by atoms with Crippen LogP contribution in [0.15, 0.2) is 6.20 Å². The van der Waals surface area contributed by atoms with E-state index in [1.54, 1.807) is 6.20 Å². The molecule has 1 fully saturated rings. The van der Waals surface area contributed by atoms with E-state index in [1.165, 1.54) is 11.3 Å². The van der Waals surface area contributed by atoms with Crippen molar-refractivity contribution in [3.05, 3.63) is 11.1 Å². The van der Waals surface area contributed by atoms with E-state index in [0.717, 1.165) is 11.3 Å². The molecule has 0 spiro atoms. The van der Waals surface area contributed by atoms with Gasteiger partial charge in [0.2, 0.25) is 11.8 Å². The first-order chi connectivity index (χ1) is 8.19. The van der Waals surface area contributed by atoms with Gasteiger partial charge in [0.05, 0.1) is 0 Å². The van der Waals surface area contributed by atoms with Gasteiger partial charge in [-0.3, -0.25) is 9.59 Å². The van der Waals surface area contributed by atoms with Crippen molar-refractivity contribution in [2.45, 2.75) is 26.2 Å². The molecule has 1 aromatic heterocycles. The van der Waals surface area contributed by atoms with Crippen molar-refractivity contribution in [2.24, 2.45) is 5.92 Å². The third kappa shape index (κ3) is 3.03. The highest BCUT2D eigenvalue weighted by molar-refractivity contribution is 7.15. The SMILES string of the molecule is CCc1cnc(NC(=O)C2CCNC(=O)C2)s1. The molecule has 6 heteroatoms. The lowest BCUT2D eigenvalue weighted by molar-refractivity contribution is -0.129. The second-order valence-electron chi connectivity index (χ2n) is 4.01. The molecule has 92 valence electrons. The number of aryl methyl sites for hydroxylation is 1. The van der Waals surface area contributed by atoms with Gasteiger partial charge in [-0.25, -0.2) is 4.98 Å². The van der Waals surface area contributed by atoms with Crippen molar-refractivity contribution in [3.63, 3.8) is 0 Å². The molecule has 2 heterocycles. The third-order valence-corrected chi connectivity index (χ3v) is 3.81. The van der Waals surface area contributed by atoms with Gasteiger partial charge >= 0.3 is 0 Å². The van der Waals surface area contributed by atoms with Crippen molar-refractivity contribution in [1.29, 1.82) is 0 Å². The summed E-state index contributed by atoms with van der Waals surface area (Å²) < 4.78 is 0. The molecule has 5 nitrogen and oxygen atoms in total. The number of hydrogen-bond donors (Lipinski definition) is 2. The van der Waals surface area contributed by atoms with Gasteiger partial charge < -0.3 is 10.6 Å². The Morgan fingerprint density at radius 3 is 3.18 bits per heavy atom. The normalized spacial score (nSPS) is 19.8. The average molecular weight is 253 g/mol. The van der Waals surface area contributed by atoms with Gasteiger partial charge in [0.25, 0.3) is 0 Å². The molecule has 1 unspecified atom stereocenters. The van der Waals surface area contributed by atoms with Crippen molar-refractivity contribution in [2.75, 3.05) is 11.9 Å². The van der Waals surface area contributed by atoms with Crippen LogP contribution in [0.5, 0.6) is 0 Å². The average Bonchev–Trinajstić information content (AvgIpc) is 2.77. The Kier molecular flexibility index (Phi) is 3.73. The first kappa shape index (κ1) is 12.0. The Morgan fingerprint density at radius 2 is 2.53 bits per heavy atom. The highest BCUT2D eigenvalue weighted by Crippen LogP contribution is 2.21. The highest BCUT2D eigenvalue weighted by atomic mass is 32.1. The molecule has 0 aromatic carbocycles. The Bertz CT molecular complexity index is 430. The van der Waals surface area contributed by atoms with E-state index in [1.807, 2.05) is 6.92 Å². The van der Waals surface area contributed by atoms with Crippen LogP contribution >= 0.6 is 11.3 Å². The summed E-state index contributed by atoms with van der Waals surface area (Å²) in [6.45, 7) is 2.62. The zero-order valence-electron chi connectivity index (χ0n) is 9.66. The van der Waals surface area contributed by atoms with Gasteiger partial charge in [-0.2, -0.15) is 0 Å². The van der Waals surface area contributed by atoms with E-state index in [4.69, 9.17) is 0 Å². The fourth-order valence-electron chi connectivity index (χ4n) is 1.74. The molecule has 17 heavy (non-hydrogen) atoms. The molecule has 0 bridgehead atoms. The number of amides is 2. The summed E-state index contributed by atoms with van der Waals surface area (Å²) in [7, 11) is 0. The highest BCUT2D eigenvalue weighted by Gasteiger charge is 2.25. The predicted octanol–water partition coefficient (Wildman–Crippen LogP) is 1.17. The fraction of sp³-hybridized carbons (Fsp3) is 0.545. The quantitative estimate of drug-likeness (QED) is 0.849. The maximum absolute atomic E-state index is 11.9. The van der Waals surface area contributed by atoms with Crippen LogP contribution in [0.25, 0.3) is 0 Å². The zero-order chi connectivity index (χ0) is 12.3. The topological polar surface area (TPSA) is 71.1 Å². The van der Waals surface area contributed by atoms with Gasteiger partial charge in [-0.05, 0) is 12.8 Å². The van der Waals surface area contributed by atoms with Crippen LogP contribution in [-0.4, -0.2) is 23.3 Å². The van der Waals surface area contributed by atoms with E-state index >= 15 is 0 Å². The van der Waals surface area contributed by atoms with Crippen LogP contribution in [0.4, 0.5) is 5.13 Å². The number of carbonyl (C=O) groups excluding carboxylic acids is 2. The van der Waals surface area contributed by atoms with Crippen molar-refractivity contribution in [1.82, 2.24) is 10.3 Å². The number of rotatable bonds is 3. The molecule has 1 aliphatic rings. The van der Waals surface area contributed by atoms with Crippen LogP contribution < -0.4 is 10.6 Å². The smallest absolute Gasteiger partial charge is 0.229 e. The molecule has 1 saturated heterocycles. The van der Waals surface area contributed by atoms with Crippen LogP contribution in [0.2, 0.25) is 0 Å². The summed E-state index contributed by atoms with van der Waals surface area (Å²) in [6, 6.07) is 0. The van der Waals surface area contributed by atoms with Gasteiger partial charge in [0, 0.05) is 30.0 Å². The zero-order valence-corrected chi connectivity index (χ0v) is 10.5. The number of nitrogens with zero attached hydrogens (tertiary/aromatic N) is 1. The molecular weight excluding hydrogens is 238 g/mol. The second kappa shape index (κ2) is 5.27. The number of thiazole rings is 1. The lowest BCUT2D eigenvalue weighted by Crippen LogP contribution is -2.38. The number of aromatic nitrogens is 1. The fourth-order valence-corrected chi connectivity index (χ4v) is 2.50. The van der Waals surface area contributed by atoms with Crippen LogP contribution in [-0.2, 0) is 16.0 Å².